The molecule has 0 spiro atoms. The molecule has 0 saturated heterocycles. The highest BCUT2D eigenvalue weighted by molar-refractivity contribution is 6.34. The van der Waals surface area contributed by atoms with Crippen molar-refractivity contribution in [1.82, 2.24) is 15.0 Å². The summed E-state index contributed by atoms with van der Waals surface area (Å²) in [5, 5.41) is 1.90. The Morgan fingerprint density at radius 3 is 2.58 bits per heavy atom. The zero-order valence-electron chi connectivity index (χ0n) is 9.82. The number of aromatic amines is 1. The molecule has 4 nitrogen and oxygen atoms in total. The number of benzene rings is 1. The largest absolute Gasteiger partial charge is 0.368 e. The zero-order valence-corrected chi connectivity index (χ0v) is 11.3. The first-order chi connectivity index (χ1) is 9.13. The first-order valence-electron chi connectivity index (χ1n) is 5.67. The SMILES string of the molecule is Nc1nc(Cl)c2c(Cc3ccc(Cl)cc3)c[nH]c2n1. The first-order valence-corrected chi connectivity index (χ1v) is 6.42. The van der Waals surface area contributed by atoms with E-state index >= 15 is 0 Å². The van der Waals surface area contributed by atoms with Crippen molar-refractivity contribution in [1.29, 1.82) is 0 Å². The quantitative estimate of drug-likeness (QED) is 0.711. The van der Waals surface area contributed by atoms with Crippen molar-refractivity contribution in [3.05, 3.63) is 51.8 Å². The van der Waals surface area contributed by atoms with E-state index in [-0.39, 0.29) is 5.95 Å². The zero-order chi connectivity index (χ0) is 13.4. The molecule has 19 heavy (non-hydrogen) atoms. The molecule has 2 aromatic heterocycles. The van der Waals surface area contributed by atoms with E-state index in [1.165, 1.54) is 0 Å². The summed E-state index contributed by atoms with van der Waals surface area (Å²) in [6, 6.07) is 7.68. The molecule has 0 bridgehead atoms. The fraction of sp³-hybridized carbons (Fsp3) is 0.0769. The van der Waals surface area contributed by atoms with Gasteiger partial charge in [-0.3, -0.25) is 0 Å². The third-order valence-electron chi connectivity index (χ3n) is 2.89. The topological polar surface area (TPSA) is 67.6 Å². The number of rotatable bonds is 2. The van der Waals surface area contributed by atoms with Crippen LogP contribution in [-0.2, 0) is 6.42 Å². The molecule has 2 heterocycles. The molecule has 0 saturated carbocycles. The predicted molar refractivity (Wildman–Crippen MR) is 77.6 cm³/mol. The maximum absolute atomic E-state index is 6.13. The molecule has 1 aromatic carbocycles. The Kier molecular flexibility index (Phi) is 3.05. The van der Waals surface area contributed by atoms with Crippen LogP contribution < -0.4 is 5.73 Å². The standard InChI is InChI=1S/C13H10Cl2N4/c14-9-3-1-7(2-4-9)5-8-6-17-12-10(8)11(15)18-13(16)19-12/h1-4,6H,5H2,(H3,16,17,18,19). The predicted octanol–water partition coefficient (Wildman–Crippen LogP) is 3.44. The maximum atomic E-state index is 6.13. The number of hydrogen-bond acceptors (Lipinski definition) is 3. The van der Waals surface area contributed by atoms with Gasteiger partial charge in [-0.15, -0.1) is 0 Å². The van der Waals surface area contributed by atoms with Crippen LogP contribution in [0.1, 0.15) is 11.1 Å². The third-order valence-corrected chi connectivity index (χ3v) is 3.42. The maximum Gasteiger partial charge on any atom is 0.223 e. The second-order valence-electron chi connectivity index (χ2n) is 4.21. The number of fused-ring (bicyclic) bond motifs is 1. The minimum Gasteiger partial charge on any atom is -0.368 e. The lowest BCUT2D eigenvalue weighted by molar-refractivity contribution is 1.20. The van der Waals surface area contributed by atoms with Crippen molar-refractivity contribution in [3.8, 4) is 0 Å². The highest BCUT2D eigenvalue weighted by Gasteiger charge is 2.11. The molecule has 0 fully saturated rings. The van der Waals surface area contributed by atoms with E-state index < -0.39 is 0 Å². The Labute approximate surface area is 119 Å². The van der Waals surface area contributed by atoms with Crippen molar-refractivity contribution >= 4 is 40.2 Å². The van der Waals surface area contributed by atoms with E-state index in [0.29, 0.717) is 10.8 Å². The van der Waals surface area contributed by atoms with Gasteiger partial charge in [-0.05, 0) is 29.7 Å². The number of aromatic nitrogens is 3. The minimum absolute atomic E-state index is 0.164. The lowest BCUT2D eigenvalue weighted by Crippen LogP contribution is -1.96. The van der Waals surface area contributed by atoms with E-state index in [1.807, 2.05) is 30.5 Å². The molecular weight excluding hydrogens is 283 g/mol. The molecule has 3 rings (SSSR count). The van der Waals surface area contributed by atoms with Gasteiger partial charge in [-0.25, -0.2) is 4.98 Å². The monoisotopic (exact) mass is 292 g/mol. The van der Waals surface area contributed by atoms with E-state index in [0.717, 1.165) is 28.0 Å². The molecule has 0 aliphatic heterocycles. The van der Waals surface area contributed by atoms with Gasteiger partial charge in [0.15, 0.2) is 0 Å². The van der Waals surface area contributed by atoms with Gasteiger partial charge in [-0.1, -0.05) is 35.3 Å². The summed E-state index contributed by atoms with van der Waals surface area (Å²) in [6.45, 7) is 0. The van der Waals surface area contributed by atoms with Crippen molar-refractivity contribution in [3.63, 3.8) is 0 Å². The molecule has 3 aromatic rings. The Bertz CT molecular complexity index is 734. The number of nitrogen functional groups attached to an aromatic ring is 1. The Balaban J connectivity index is 2.04. The van der Waals surface area contributed by atoms with E-state index in [2.05, 4.69) is 15.0 Å². The molecular formula is C13H10Cl2N4. The van der Waals surface area contributed by atoms with Crippen molar-refractivity contribution in [2.75, 3.05) is 5.73 Å². The van der Waals surface area contributed by atoms with Crippen molar-refractivity contribution in [2.45, 2.75) is 6.42 Å². The van der Waals surface area contributed by atoms with Gasteiger partial charge < -0.3 is 10.7 Å². The van der Waals surface area contributed by atoms with Crippen LogP contribution in [0.15, 0.2) is 30.5 Å². The van der Waals surface area contributed by atoms with Gasteiger partial charge in [0, 0.05) is 11.2 Å². The highest BCUT2D eigenvalue weighted by Crippen LogP contribution is 2.26. The van der Waals surface area contributed by atoms with Crippen molar-refractivity contribution < 1.29 is 0 Å². The summed E-state index contributed by atoms with van der Waals surface area (Å²) in [5.41, 5.74) is 8.38. The molecule has 0 unspecified atom stereocenters. The lowest BCUT2D eigenvalue weighted by atomic mass is 10.1. The van der Waals surface area contributed by atoms with Crippen LogP contribution in [0.3, 0.4) is 0 Å². The van der Waals surface area contributed by atoms with Gasteiger partial charge in [-0.2, -0.15) is 4.98 Å². The second kappa shape index (κ2) is 4.72. The normalized spacial score (nSPS) is 11.1. The van der Waals surface area contributed by atoms with Crippen LogP contribution in [0.25, 0.3) is 11.0 Å². The van der Waals surface area contributed by atoms with Crippen LogP contribution in [0.2, 0.25) is 10.2 Å². The van der Waals surface area contributed by atoms with Crippen molar-refractivity contribution in [2.24, 2.45) is 0 Å². The Morgan fingerprint density at radius 2 is 1.84 bits per heavy atom. The van der Waals surface area contributed by atoms with Crippen LogP contribution in [0.5, 0.6) is 0 Å². The van der Waals surface area contributed by atoms with Gasteiger partial charge in [0.1, 0.15) is 10.8 Å². The number of hydrogen-bond donors (Lipinski definition) is 2. The van der Waals surface area contributed by atoms with Gasteiger partial charge in [0.2, 0.25) is 5.95 Å². The highest BCUT2D eigenvalue weighted by atomic mass is 35.5. The molecule has 96 valence electrons. The summed E-state index contributed by atoms with van der Waals surface area (Å²) in [4.78, 5) is 11.2. The van der Waals surface area contributed by atoms with Crippen LogP contribution in [0, 0.1) is 0 Å². The number of halogens is 2. The lowest BCUT2D eigenvalue weighted by Gasteiger charge is -2.02. The smallest absolute Gasteiger partial charge is 0.223 e. The van der Waals surface area contributed by atoms with Gasteiger partial charge >= 0.3 is 0 Å². The average molecular weight is 293 g/mol. The molecule has 0 radical (unpaired) electrons. The Morgan fingerprint density at radius 1 is 1.11 bits per heavy atom. The number of H-pyrrole nitrogens is 1. The second-order valence-corrected chi connectivity index (χ2v) is 5.01. The summed E-state index contributed by atoms with van der Waals surface area (Å²) in [6.07, 6.45) is 2.60. The molecule has 3 N–H and O–H groups in total. The fourth-order valence-corrected chi connectivity index (χ4v) is 2.45. The summed E-state index contributed by atoms with van der Waals surface area (Å²) >= 11 is 12.0. The van der Waals surface area contributed by atoms with E-state index in [1.54, 1.807) is 0 Å². The van der Waals surface area contributed by atoms with E-state index in [4.69, 9.17) is 28.9 Å². The number of anilines is 1. The Hall–Kier alpha value is -1.78. The third kappa shape index (κ3) is 2.37. The molecule has 0 amide bonds. The fourth-order valence-electron chi connectivity index (χ4n) is 2.03. The number of nitrogens with zero attached hydrogens (tertiary/aromatic N) is 2. The van der Waals surface area contributed by atoms with Crippen LogP contribution in [-0.4, -0.2) is 15.0 Å². The van der Waals surface area contributed by atoms with Gasteiger partial charge in [0.05, 0.1) is 5.39 Å². The molecule has 0 aliphatic carbocycles. The molecule has 0 aliphatic rings. The summed E-state index contributed by atoms with van der Waals surface area (Å²) in [5.74, 6) is 0.164. The average Bonchev–Trinajstić information content (AvgIpc) is 2.75. The molecule has 0 atom stereocenters. The number of nitrogens with one attached hydrogen (secondary N) is 1. The van der Waals surface area contributed by atoms with Crippen LogP contribution in [0.4, 0.5) is 5.95 Å². The molecule has 6 heteroatoms. The van der Waals surface area contributed by atoms with Crippen LogP contribution >= 0.6 is 23.2 Å². The minimum atomic E-state index is 0.164. The first kappa shape index (κ1) is 12.3. The number of nitrogens with two attached hydrogens (primary N) is 1. The summed E-state index contributed by atoms with van der Waals surface area (Å²) in [7, 11) is 0. The summed E-state index contributed by atoms with van der Waals surface area (Å²) < 4.78 is 0. The van der Waals surface area contributed by atoms with Gasteiger partial charge in [0.25, 0.3) is 0 Å². The van der Waals surface area contributed by atoms with E-state index in [9.17, 15) is 0 Å².